The predicted octanol–water partition coefficient (Wildman–Crippen LogP) is 4.80. The van der Waals surface area contributed by atoms with Crippen LogP contribution in [-0.4, -0.2) is 25.9 Å². The first-order valence-electron chi connectivity index (χ1n) is 12.2. The Kier molecular flexibility index (Phi) is 4.77. The van der Waals surface area contributed by atoms with E-state index in [9.17, 15) is 9.90 Å². The summed E-state index contributed by atoms with van der Waals surface area (Å²) >= 11 is 0. The van der Waals surface area contributed by atoms with Gasteiger partial charge in [0.15, 0.2) is 5.78 Å². The monoisotopic (exact) mass is 411 g/mol. The molecule has 0 aromatic carbocycles. The van der Waals surface area contributed by atoms with Crippen molar-refractivity contribution in [3.05, 3.63) is 23.5 Å². The van der Waals surface area contributed by atoms with Gasteiger partial charge in [-0.05, 0) is 80.6 Å². The highest BCUT2D eigenvalue weighted by Gasteiger charge is 2.65. The molecule has 5 nitrogen and oxygen atoms in total. The van der Waals surface area contributed by atoms with Crippen molar-refractivity contribution in [1.82, 2.24) is 15.0 Å². The van der Waals surface area contributed by atoms with Crippen LogP contribution < -0.4 is 0 Å². The van der Waals surface area contributed by atoms with Crippen LogP contribution >= 0.6 is 0 Å². The highest BCUT2D eigenvalue weighted by atomic mass is 16.3. The van der Waals surface area contributed by atoms with Crippen molar-refractivity contribution in [3.8, 4) is 0 Å². The van der Waals surface area contributed by atoms with Crippen LogP contribution in [0, 0.1) is 28.6 Å². The standard InChI is InChI=1S/C25H37N3O2/c1-4-5-14-28-16-22(26-27-28)25(30)13-10-21-19-7-6-17-15-18(29)8-11-23(17,2)20(19)9-12-24(21,25)3/h15-16,19-21,30H,4-14H2,1-3H3. The molecule has 0 radical (unpaired) electrons. The molecule has 4 aliphatic carbocycles. The molecule has 1 aromatic rings. The smallest absolute Gasteiger partial charge is 0.155 e. The maximum Gasteiger partial charge on any atom is 0.155 e. The van der Waals surface area contributed by atoms with Gasteiger partial charge in [-0.1, -0.05) is 38.0 Å². The van der Waals surface area contributed by atoms with Crippen LogP contribution in [0.1, 0.15) is 90.7 Å². The first kappa shape index (κ1) is 20.4. The number of carbonyl (C=O) groups excluding carboxylic acids is 1. The summed E-state index contributed by atoms with van der Waals surface area (Å²) < 4.78 is 1.91. The second kappa shape index (κ2) is 7.01. The molecule has 3 saturated carbocycles. The first-order chi connectivity index (χ1) is 14.3. The third-order valence-electron chi connectivity index (χ3n) is 9.82. The lowest BCUT2D eigenvalue weighted by Crippen LogP contribution is -2.53. The fourth-order valence-electron chi connectivity index (χ4n) is 7.91. The van der Waals surface area contributed by atoms with Crippen LogP contribution in [0.2, 0.25) is 0 Å². The van der Waals surface area contributed by atoms with Gasteiger partial charge in [0.2, 0.25) is 0 Å². The van der Waals surface area contributed by atoms with Crippen LogP contribution in [0.5, 0.6) is 0 Å². The Balaban J connectivity index is 1.43. The minimum atomic E-state index is -0.868. The normalized spacial score (nSPS) is 43.0. The molecule has 0 bridgehead atoms. The molecule has 30 heavy (non-hydrogen) atoms. The number of ketones is 1. The van der Waals surface area contributed by atoms with Crippen molar-refractivity contribution in [2.75, 3.05) is 0 Å². The average molecular weight is 412 g/mol. The molecule has 6 atom stereocenters. The number of allylic oxidation sites excluding steroid dienone is 1. The lowest BCUT2D eigenvalue weighted by Gasteiger charge is -2.59. The molecular formula is C25H37N3O2. The zero-order valence-corrected chi connectivity index (χ0v) is 18.9. The zero-order chi connectivity index (χ0) is 21.1. The molecule has 5 heteroatoms. The molecule has 6 unspecified atom stereocenters. The molecule has 5 rings (SSSR count). The van der Waals surface area contributed by atoms with Crippen LogP contribution in [0.15, 0.2) is 17.8 Å². The number of unbranched alkanes of at least 4 members (excludes halogenated alkanes) is 1. The molecule has 0 spiro atoms. The molecule has 3 fully saturated rings. The van der Waals surface area contributed by atoms with Gasteiger partial charge in [0.05, 0.1) is 6.20 Å². The summed E-state index contributed by atoms with van der Waals surface area (Å²) in [5.74, 6) is 2.13. The van der Waals surface area contributed by atoms with Gasteiger partial charge in [-0.2, -0.15) is 0 Å². The molecule has 0 amide bonds. The second-order valence-electron chi connectivity index (χ2n) is 11.0. The summed E-state index contributed by atoms with van der Waals surface area (Å²) in [6.45, 7) is 7.80. The number of rotatable bonds is 4. The summed E-state index contributed by atoms with van der Waals surface area (Å²) in [6, 6.07) is 0. The zero-order valence-electron chi connectivity index (χ0n) is 18.9. The summed E-state index contributed by atoms with van der Waals surface area (Å²) in [6.07, 6.45) is 14.2. The fourth-order valence-corrected chi connectivity index (χ4v) is 7.91. The van der Waals surface area contributed by atoms with Crippen molar-refractivity contribution in [2.45, 2.75) is 97.1 Å². The van der Waals surface area contributed by atoms with E-state index in [1.807, 2.05) is 17.0 Å². The van der Waals surface area contributed by atoms with Gasteiger partial charge < -0.3 is 5.11 Å². The van der Waals surface area contributed by atoms with Crippen LogP contribution in [0.3, 0.4) is 0 Å². The molecule has 1 N–H and O–H groups in total. The van der Waals surface area contributed by atoms with Gasteiger partial charge in [-0.3, -0.25) is 9.48 Å². The molecule has 0 saturated heterocycles. The maximum absolute atomic E-state index is 12.0. The largest absolute Gasteiger partial charge is 0.383 e. The third kappa shape index (κ3) is 2.73. The predicted molar refractivity (Wildman–Crippen MR) is 116 cm³/mol. The number of aliphatic hydroxyl groups is 1. The van der Waals surface area contributed by atoms with Crippen molar-refractivity contribution in [2.24, 2.45) is 28.6 Å². The fraction of sp³-hybridized carbons (Fsp3) is 0.800. The SMILES string of the molecule is CCCCn1cc(C2(O)CCC3C4CCC5=CC(=O)CCC5(C)C4CCC32C)nn1. The van der Waals surface area contributed by atoms with Gasteiger partial charge in [-0.25, -0.2) is 0 Å². The van der Waals surface area contributed by atoms with Gasteiger partial charge in [0, 0.05) is 18.4 Å². The lowest BCUT2D eigenvalue weighted by molar-refractivity contribution is -0.135. The molecular weight excluding hydrogens is 374 g/mol. The van der Waals surface area contributed by atoms with Gasteiger partial charge >= 0.3 is 0 Å². The highest BCUT2D eigenvalue weighted by molar-refractivity contribution is 5.91. The van der Waals surface area contributed by atoms with E-state index in [1.54, 1.807) is 0 Å². The summed E-state index contributed by atoms with van der Waals surface area (Å²) in [5.41, 5.74) is 1.38. The Hall–Kier alpha value is -1.49. The Bertz CT molecular complexity index is 875. The van der Waals surface area contributed by atoms with Gasteiger partial charge in [0.1, 0.15) is 11.3 Å². The van der Waals surface area contributed by atoms with E-state index in [-0.39, 0.29) is 10.8 Å². The number of hydrogen-bond donors (Lipinski definition) is 1. The molecule has 1 aromatic heterocycles. The van der Waals surface area contributed by atoms with E-state index in [0.717, 1.165) is 63.6 Å². The highest BCUT2D eigenvalue weighted by Crippen LogP contribution is 2.69. The topological polar surface area (TPSA) is 68.0 Å². The molecule has 4 aliphatic rings. The molecule has 1 heterocycles. The van der Waals surface area contributed by atoms with E-state index in [2.05, 4.69) is 31.1 Å². The molecule has 0 aliphatic heterocycles. The number of aryl methyl sites for hydroxylation is 1. The van der Waals surface area contributed by atoms with Crippen molar-refractivity contribution in [3.63, 3.8) is 0 Å². The summed E-state index contributed by atoms with van der Waals surface area (Å²) in [4.78, 5) is 12.0. The van der Waals surface area contributed by atoms with Crippen LogP contribution in [0.25, 0.3) is 0 Å². The Labute approximate surface area is 180 Å². The third-order valence-corrected chi connectivity index (χ3v) is 9.82. The Morgan fingerprint density at radius 1 is 1.13 bits per heavy atom. The van der Waals surface area contributed by atoms with E-state index < -0.39 is 5.60 Å². The average Bonchev–Trinajstić information content (AvgIpc) is 3.31. The van der Waals surface area contributed by atoms with E-state index >= 15 is 0 Å². The van der Waals surface area contributed by atoms with Crippen molar-refractivity contribution >= 4 is 5.78 Å². The summed E-state index contributed by atoms with van der Waals surface area (Å²) in [5, 5.41) is 20.8. The summed E-state index contributed by atoms with van der Waals surface area (Å²) in [7, 11) is 0. The number of fused-ring (bicyclic) bond motifs is 5. The number of carbonyl (C=O) groups is 1. The van der Waals surface area contributed by atoms with Crippen LogP contribution in [0.4, 0.5) is 0 Å². The quantitative estimate of drug-likeness (QED) is 0.773. The first-order valence-corrected chi connectivity index (χ1v) is 12.2. The van der Waals surface area contributed by atoms with E-state index in [4.69, 9.17) is 0 Å². The number of hydrogen-bond acceptors (Lipinski definition) is 4. The van der Waals surface area contributed by atoms with Crippen molar-refractivity contribution < 1.29 is 9.90 Å². The molecule has 164 valence electrons. The number of aromatic nitrogens is 3. The Morgan fingerprint density at radius 2 is 1.93 bits per heavy atom. The number of nitrogens with zero attached hydrogens (tertiary/aromatic N) is 3. The second-order valence-corrected chi connectivity index (χ2v) is 11.0. The lowest BCUT2D eigenvalue weighted by atomic mass is 9.46. The van der Waals surface area contributed by atoms with E-state index in [0.29, 0.717) is 30.0 Å². The minimum absolute atomic E-state index is 0.137. The minimum Gasteiger partial charge on any atom is -0.383 e. The van der Waals surface area contributed by atoms with Crippen molar-refractivity contribution in [1.29, 1.82) is 0 Å². The Morgan fingerprint density at radius 3 is 2.73 bits per heavy atom. The van der Waals surface area contributed by atoms with Gasteiger partial charge in [-0.15, -0.1) is 5.10 Å². The van der Waals surface area contributed by atoms with E-state index in [1.165, 1.54) is 12.0 Å². The maximum atomic E-state index is 12.0. The van der Waals surface area contributed by atoms with Crippen LogP contribution in [-0.2, 0) is 16.9 Å². The van der Waals surface area contributed by atoms with Gasteiger partial charge in [0.25, 0.3) is 0 Å².